The number of halogens is 3. The van der Waals surface area contributed by atoms with E-state index in [0.29, 0.717) is 29.6 Å². The van der Waals surface area contributed by atoms with E-state index in [1.807, 2.05) is 0 Å². The number of hydrogen-bond acceptors (Lipinski definition) is 7. The predicted octanol–water partition coefficient (Wildman–Crippen LogP) is 2.87. The molecular formula is C18H18F3N5O2. The normalized spacial score (nSPS) is 24.0. The highest BCUT2D eigenvalue weighted by Crippen LogP contribution is 2.41. The van der Waals surface area contributed by atoms with Crippen molar-refractivity contribution in [1.82, 2.24) is 15.0 Å². The van der Waals surface area contributed by atoms with E-state index in [4.69, 9.17) is 15.5 Å². The zero-order valence-electron chi connectivity index (χ0n) is 14.8. The summed E-state index contributed by atoms with van der Waals surface area (Å²) in [7, 11) is 0. The second-order valence-corrected chi connectivity index (χ2v) is 7.40. The zero-order valence-corrected chi connectivity index (χ0v) is 14.8. The van der Waals surface area contributed by atoms with Crippen LogP contribution >= 0.6 is 0 Å². The molecule has 2 aromatic heterocycles. The Bertz CT molecular complexity index is 919. The number of morpholine rings is 1. The molecule has 10 heteroatoms. The number of fused-ring (bicyclic) bond motifs is 2. The average Bonchev–Trinajstić information content (AvgIpc) is 3.29. The molecule has 28 heavy (non-hydrogen) atoms. The van der Waals surface area contributed by atoms with Gasteiger partial charge in [0, 0.05) is 30.3 Å². The Morgan fingerprint density at radius 2 is 2.04 bits per heavy atom. The first-order chi connectivity index (χ1) is 13.4. The lowest BCUT2D eigenvalue weighted by molar-refractivity contribution is -0.274. The van der Waals surface area contributed by atoms with Gasteiger partial charge in [-0.2, -0.15) is 0 Å². The summed E-state index contributed by atoms with van der Waals surface area (Å²) in [5.74, 6) is 0.921. The first-order valence-electron chi connectivity index (χ1n) is 9.14. The van der Waals surface area contributed by atoms with Crippen LogP contribution in [0.1, 0.15) is 31.0 Å². The molecule has 2 bridgehead atoms. The highest BCUT2D eigenvalue weighted by atomic mass is 19.4. The molecule has 2 aliphatic heterocycles. The number of aromatic nitrogens is 3. The Kier molecular flexibility index (Phi) is 3.87. The minimum Gasteiger partial charge on any atom is -0.402 e. The summed E-state index contributed by atoms with van der Waals surface area (Å²) in [5.41, 5.74) is 6.45. The Morgan fingerprint density at radius 3 is 2.68 bits per heavy atom. The van der Waals surface area contributed by atoms with Crippen LogP contribution in [0.5, 0.6) is 5.75 Å². The molecule has 2 aromatic rings. The summed E-state index contributed by atoms with van der Waals surface area (Å²) in [6, 6.07) is 3.28. The largest absolute Gasteiger partial charge is 0.573 e. The number of hydrogen-bond donors (Lipinski definition) is 1. The molecule has 3 fully saturated rings. The molecular weight excluding hydrogens is 375 g/mol. The molecule has 2 N–H and O–H groups in total. The van der Waals surface area contributed by atoms with Gasteiger partial charge in [0.05, 0.1) is 24.4 Å². The number of nitrogens with two attached hydrogens (primary N) is 1. The summed E-state index contributed by atoms with van der Waals surface area (Å²) < 4.78 is 47.6. The highest BCUT2D eigenvalue weighted by Gasteiger charge is 2.40. The van der Waals surface area contributed by atoms with Crippen LogP contribution in [0.2, 0.25) is 0 Å². The summed E-state index contributed by atoms with van der Waals surface area (Å²) in [4.78, 5) is 15.4. The van der Waals surface area contributed by atoms with E-state index < -0.39 is 12.1 Å². The van der Waals surface area contributed by atoms with Crippen LogP contribution in [-0.2, 0) is 4.74 Å². The lowest BCUT2D eigenvalue weighted by atomic mass is 10.1. The van der Waals surface area contributed by atoms with Gasteiger partial charge >= 0.3 is 6.36 Å². The summed E-state index contributed by atoms with van der Waals surface area (Å²) in [5, 5.41) is 0. The third-order valence-electron chi connectivity index (χ3n) is 5.27. The molecule has 1 saturated carbocycles. The van der Waals surface area contributed by atoms with Crippen LogP contribution in [-0.4, -0.2) is 46.6 Å². The first kappa shape index (κ1) is 17.5. The lowest BCUT2D eigenvalue weighted by Gasteiger charge is -2.28. The fraction of sp³-hybridized carbons (Fsp3) is 0.500. The van der Waals surface area contributed by atoms with Gasteiger partial charge in [0.15, 0.2) is 11.6 Å². The molecule has 4 heterocycles. The van der Waals surface area contributed by atoms with Gasteiger partial charge in [0.25, 0.3) is 0 Å². The molecule has 0 radical (unpaired) electrons. The number of anilines is 2. The van der Waals surface area contributed by atoms with Gasteiger partial charge in [-0.1, -0.05) is 0 Å². The van der Waals surface area contributed by atoms with E-state index in [1.54, 1.807) is 6.07 Å². The van der Waals surface area contributed by atoms with Crippen molar-refractivity contribution in [2.24, 2.45) is 0 Å². The fourth-order valence-electron chi connectivity index (χ4n) is 3.75. The van der Waals surface area contributed by atoms with Crippen molar-refractivity contribution in [1.29, 1.82) is 0 Å². The van der Waals surface area contributed by atoms with Gasteiger partial charge in [-0.3, -0.25) is 0 Å². The summed E-state index contributed by atoms with van der Waals surface area (Å²) in [6.45, 7) is 1.42. The van der Waals surface area contributed by atoms with Crippen molar-refractivity contribution in [2.45, 2.75) is 43.7 Å². The van der Waals surface area contributed by atoms with E-state index in [0.717, 1.165) is 31.6 Å². The Morgan fingerprint density at radius 1 is 1.21 bits per heavy atom. The second kappa shape index (κ2) is 6.20. The number of nitrogens with zero attached hydrogens (tertiary/aromatic N) is 4. The minimum absolute atomic E-state index is 0.206. The van der Waals surface area contributed by atoms with Crippen LogP contribution in [0.25, 0.3) is 11.3 Å². The molecule has 0 aromatic carbocycles. The van der Waals surface area contributed by atoms with Gasteiger partial charge in [0.1, 0.15) is 11.6 Å². The predicted molar refractivity (Wildman–Crippen MR) is 93.8 cm³/mol. The highest BCUT2D eigenvalue weighted by molar-refractivity contribution is 5.67. The van der Waals surface area contributed by atoms with Crippen molar-refractivity contribution < 1.29 is 22.6 Å². The van der Waals surface area contributed by atoms with Crippen LogP contribution < -0.4 is 15.4 Å². The van der Waals surface area contributed by atoms with Crippen molar-refractivity contribution in [3.05, 3.63) is 24.2 Å². The second-order valence-electron chi connectivity index (χ2n) is 7.40. The smallest absolute Gasteiger partial charge is 0.402 e. The maximum atomic E-state index is 12.6. The Balaban J connectivity index is 1.53. The molecule has 2 atom stereocenters. The zero-order chi connectivity index (χ0) is 19.5. The Hall–Kier alpha value is -2.62. The molecule has 7 nitrogen and oxygen atoms in total. The van der Waals surface area contributed by atoms with Gasteiger partial charge in [-0.25, -0.2) is 15.0 Å². The SMILES string of the molecule is Nc1ncc(-c2cc(N3CC4CC3CO4)nc(C3CC3)n2)cc1OC(F)(F)F. The van der Waals surface area contributed by atoms with Gasteiger partial charge in [0.2, 0.25) is 0 Å². The van der Waals surface area contributed by atoms with Crippen molar-refractivity contribution >= 4 is 11.6 Å². The topological polar surface area (TPSA) is 86.4 Å². The molecule has 0 amide bonds. The summed E-state index contributed by atoms with van der Waals surface area (Å²) in [6.07, 6.45) is -0.246. The molecule has 0 spiro atoms. The van der Waals surface area contributed by atoms with Crippen molar-refractivity contribution in [3.8, 4) is 17.0 Å². The van der Waals surface area contributed by atoms with Crippen LogP contribution in [0.3, 0.4) is 0 Å². The number of alkyl halides is 3. The van der Waals surface area contributed by atoms with Gasteiger partial charge in [-0.15, -0.1) is 13.2 Å². The van der Waals surface area contributed by atoms with E-state index in [1.165, 1.54) is 12.3 Å². The van der Waals surface area contributed by atoms with Crippen LogP contribution in [0.15, 0.2) is 18.3 Å². The molecule has 2 unspecified atom stereocenters. The average molecular weight is 393 g/mol. The van der Waals surface area contributed by atoms with E-state index in [-0.39, 0.29) is 18.0 Å². The molecule has 148 valence electrons. The van der Waals surface area contributed by atoms with Crippen molar-refractivity contribution in [3.63, 3.8) is 0 Å². The van der Waals surface area contributed by atoms with Gasteiger partial charge in [-0.05, 0) is 25.3 Å². The number of ether oxygens (including phenoxy) is 2. The summed E-state index contributed by atoms with van der Waals surface area (Å²) >= 11 is 0. The molecule has 3 aliphatic rings. The number of rotatable bonds is 4. The first-order valence-corrected chi connectivity index (χ1v) is 9.14. The number of nitrogen functional groups attached to an aromatic ring is 1. The van der Waals surface area contributed by atoms with Crippen LogP contribution in [0, 0.1) is 0 Å². The van der Waals surface area contributed by atoms with E-state index >= 15 is 0 Å². The van der Waals surface area contributed by atoms with Crippen molar-refractivity contribution in [2.75, 3.05) is 23.8 Å². The Labute approximate surface area is 158 Å². The van der Waals surface area contributed by atoms with Crippen LogP contribution in [0.4, 0.5) is 24.8 Å². The third-order valence-corrected chi connectivity index (χ3v) is 5.27. The van der Waals surface area contributed by atoms with E-state index in [9.17, 15) is 13.2 Å². The third kappa shape index (κ3) is 3.32. The standard InChI is InChI=1S/C18H18F3N5O2/c19-18(20,21)28-14-3-10(6-23-16(14)22)13-5-15(25-17(24-13)9-1-2-9)26-7-12-4-11(26)8-27-12/h3,5-6,9,11-12H,1-2,4,7-8H2,(H2,22,23). The number of pyridine rings is 1. The monoisotopic (exact) mass is 393 g/mol. The maximum Gasteiger partial charge on any atom is 0.573 e. The molecule has 2 saturated heterocycles. The maximum absolute atomic E-state index is 12.6. The quantitative estimate of drug-likeness (QED) is 0.855. The van der Waals surface area contributed by atoms with Gasteiger partial charge < -0.3 is 20.1 Å². The molecule has 1 aliphatic carbocycles. The van der Waals surface area contributed by atoms with E-state index in [2.05, 4.69) is 19.6 Å². The minimum atomic E-state index is -4.85. The molecule has 5 rings (SSSR count). The lowest BCUT2D eigenvalue weighted by Crippen LogP contribution is -2.37. The fourth-order valence-corrected chi connectivity index (χ4v) is 3.75.